The zero-order valence-electron chi connectivity index (χ0n) is 14.7. The Labute approximate surface area is 152 Å². The van der Waals surface area contributed by atoms with Gasteiger partial charge in [-0.3, -0.25) is 4.79 Å². The minimum atomic E-state index is -0.141. The number of hydrazone groups is 1. The van der Waals surface area contributed by atoms with Crippen LogP contribution in [0.5, 0.6) is 5.75 Å². The Morgan fingerprint density at radius 3 is 3.04 bits per heavy atom. The van der Waals surface area contributed by atoms with Crippen LogP contribution >= 0.6 is 11.3 Å². The van der Waals surface area contributed by atoms with E-state index in [1.807, 2.05) is 37.3 Å². The third kappa shape index (κ3) is 4.28. The summed E-state index contributed by atoms with van der Waals surface area (Å²) in [6, 6.07) is 9.68. The molecule has 2 aromatic rings. The maximum absolute atomic E-state index is 12.4. The highest BCUT2D eigenvalue weighted by Gasteiger charge is 2.21. The van der Waals surface area contributed by atoms with Crippen LogP contribution in [0.1, 0.15) is 52.4 Å². The van der Waals surface area contributed by atoms with E-state index in [1.165, 1.54) is 23.3 Å². The van der Waals surface area contributed by atoms with Crippen LogP contribution < -0.4 is 10.2 Å². The summed E-state index contributed by atoms with van der Waals surface area (Å²) < 4.78 is 5.55. The number of thiophene rings is 1. The van der Waals surface area contributed by atoms with E-state index in [9.17, 15) is 4.79 Å². The van der Waals surface area contributed by atoms with Gasteiger partial charge < -0.3 is 4.74 Å². The normalized spacial score (nSPS) is 16.6. The Morgan fingerprint density at radius 1 is 1.40 bits per heavy atom. The van der Waals surface area contributed by atoms with Gasteiger partial charge in [0.15, 0.2) is 0 Å². The first-order valence-corrected chi connectivity index (χ1v) is 9.69. The van der Waals surface area contributed by atoms with E-state index in [2.05, 4.69) is 17.5 Å². The van der Waals surface area contributed by atoms with Crippen LogP contribution in [0.25, 0.3) is 0 Å². The number of nitrogens with one attached hydrogen (secondary N) is 1. The molecule has 1 N–H and O–H groups in total. The number of fused-ring (bicyclic) bond motifs is 1. The van der Waals surface area contributed by atoms with Gasteiger partial charge in [0.2, 0.25) is 0 Å². The van der Waals surface area contributed by atoms with Crippen molar-refractivity contribution >= 4 is 23.5 Å². The second kappa shape index (κ2) is 8.30. The lowest BCUT2D eigenvalue weighted by atomic mass is 9.87. The van der Waals surface area contributed by atoms with Gasteiger partial charge in [0.1, 0.15) is 5.75 Å². The van der Waals surface area contributed by atoms with Gasteiger partial charge in [-0.05, 0) is 55.9 Å². The number of nitrogens with zero attached hydrogens (tertiary/aromatic N) is 1. The summed E-state index contributed by atoms with van der Waals surface area (Å²) >= 11 is 1.60. The number of hydrogen-bond acceptors (Lipinski definition) is 4. The van der Waals surface area contributed by atoms with Crippen molar-refractivity contribution in [1.82, 2.24) is 5.43 Å². The van der Waals surface area contributed by atoms with E-state index >= 15 is 0 Å². The molecule has 1 aliphatic carbocycles. The van der Waals surface area contributed by atoms with Gasteiger partial charge in [-0.15, -0.1) is 11.3 Å². The summed E-state index contributed by atoms with van der Waals surface area (Å²) in [6.07, 6.45) is 6.26. The van der Waals surface area contributed by atoms with E-state index in [1.54, 1.807) is 17.6 Å². The highest BCUT2D eigenvalue weighted by atomic mass is 32.1. The first kappa shape index (κ1) is 17.7. The summed E-state index contributed by atoms with van der Waals surface area (Å²) in [5.74, 6) is 1.38. The van der Waals surface area contributed by atoms with Crippen LogP contribution in [0, 0.1) is 5.92 Å². The second-order valence-electron chi connectivity index (χ2n) is 6.25. The maximum Gasteiger partial charge on any atom is 0.281 e. The fourth-order valence-corrected chi connectivity index (χ4v) is 4.25. The molecule has 0 radical (unpaired) electrons. The van der Waals surface area contributed by atoms with Crippen molar-refractivity contribution in [2.45, 2.75) is 39.5 Å². The van der Waals surface area contributed by atoms with Crippen LogP contribution in [0.3, 0.4) is 0 Å². The molecule has 0 fully saturated rings. The minimum Gasteiger partial charge on any atom is -0.493 e. The van der Waals surface area contributed by atoms with Gasteiger partial charge >= 0.3 is 0 Å². The van der Waals surface area contributed by atoms with Crippen molar-refractivity contribution in [3.63, 3.8) is 0 Å². The highest BCUT2D eigenvalue weighted by Crippen LogP contribution is 2.33. The monoisotopic (exact) mass is 356 g/mol. The van der Waals surface area contributed by atoms with E-state index in [4.69, 9.17) is 4.74 Å². The van der Waals surface area contributed by atoms with E-state index in [-0.39, 0.29) is 5.91 Å². The molecular formula is C20H24N2O2S. The third-order valence-electron chi connectivity index (χ3n) is 4.57. The second-order valence-corrected chi connectivity index (χ2v) is 7.38. The Hall–Kier alpha value is -2.14. The number of amides is 1. The standard InChI is InChI=1S/C20H24N2O2S/c1-3-14-9-10-18-16(11-14)12-19(25-18)20(23)22-21-13-15-7-5-6-8-17(15)24-4-2/h5-8,12-14H,3-4,9-11H2,1-2H3,(H,22,23)/b21-13+. The van der Waals surface area contributed by atoms with Gasteiger partial charge in [-0.2, -0.15) is 5.10 Å². The average molecular weight is 356 g/mol. The molecule has 0 bridgehead atoms. The zero-order valence-corrected chi connectivity index (χ0v) is 15.6. The number of hydrogen-bond donors (Lipinski definition) is 1. The Balaban J connectivity index is 1.65. The van der Waals surface area contributed by atoms with Crippen molar-refractivity contribution in [2.24, 2.45) is 11.0 Å². The van der Waals surface area contributed by atoms with Crippen LogP contribution in [-0.4, -0.2) is 18.7 Å². The lowest BCUT2D eigenvalue weighted by molar-refractivity contribution is 0.0959. The van der Waals surface area contributed by atoms with Crippen molar-refractivity contribution in [1.29, 1.82) is 0 Å². The average Bonchev–Trinajstić information content (AvgIpc) is 3.06. The zero-order chi connectivity index (χ0) is 17.6. The van der Waals surface area contributed by atoms with E-state index < -0.39 is 0 Å². The number of ether oxygens (including phenoxy) is 1. The van der Waals surface area contributed by atoms with E-state index in [0.717, 1.165) is 34.9 Å². The predicted molar refractivity (Wildman–Crippen MR) is 103 cm³/mol. The number of carbonyl (C=O) groups is 1. The smallest absolute Gasteiger partial charge is 0.281 e. The molecule has 3 rings (SSSR count). The lowest BCUT2D eigenvalue weighted by Crippen LogP contribution is -2.16. The maximum atomic E-state index is 12.4. The molecule has 0 saturated carbocycles. The van der Waals surface area contributed by atoms with E-state index in [0.29, 0.717) is 6.61 Å². The molecule has 0 spiro atoms. The molecule has 1 aromatic carbocycles. The molecule has 5 heteroatoms. The van der Waals surface area contributed by atoms with Crippen LogP contribution in [0.2, 0.25) is 0 Å². The molecule has 132 valence electrons. The fraction of sp³-hybridized carbons (Fsp3) is 0.400. The summed E-state index contributed by atoms with van der Waals surface area (Å²) in [7, 11) is 0. The molecule has 1 amide bonds. The molecule has 0 aliphatic heterocycles. The van der Waals surface area contributed by atoms with Crippen molar-refractivity contribution in [2.75, 3.05) is 6.61 Å². The molecule has 1 heterocycles. The Kier molecular flexibility index (Phi) is 5.87. The van der Waals surface area contributed by atoms with Gasteiger partial charge in [0.05, 0.1) is 17.7 Å². The predicted octanol–water partition coefficient (Wildman–Crippen LogP) is 4.43. The lowest BCUT2D eigenvalue weighted by Gasteiger charge is -2.19. The van der Waals surface area contributed by atoms with Gasteiger partial charge in [0, 0.05) is 10.4 Å². The highest BCUT2D eigenvalue weighted by molar-refractivity contribution is 7.14. The minimum absolute atomic E-state index is 0.141. The SMILES string of the molecule is CCOc1ccccc1/C=N/NC(=O)c1cc2c(s1)CCC(CC)C2. The largest absolute Gasteiger partial charge is 0.493 e. The van der Waals surface area contributed by atoms with Crippen molar-refractivity contribution in [3.05, 3.63) is 51.2 Å². The summed E-state index contributed by atoms with van der Waals surface area (Å²) in [6.45, 7) is 4.78. The Bertz CT molecular complexity index is 767. The van der Waals surface area contributed by atoms with Crippen LogP contribution in [0.4, 0.5) is 0 Å². The molecule has 1 atom stereocenters. The van der Waals surface area contributed by atoms with Gasteiger partial charge in [-0.25, -0.2) is 5.43 Å². The molecule has 1 aromatic heterocycles. The number of benzene rings is 1. The quantitative estimate of drug-likeness (QED) is 0.615. The first-order valence-electron chi connectivity index (χ1n) is 8.88. The third-order valence-corrected chi connectivity index (χ3v) is 5.81. The van der Waals surface area contributed by atoms with Crippen molar-refractivity contribution in [3.8, 4) is 5.75 Å². The molecule has 4 nitrogen and oxygen atoms in total. The Morgan fingerprint density at radius 2 is 2.24 bits per heavy atom. The van der Waals surface area contributed by atoms with Gasteiger partial charge in [-0.1, -0.05) is 25.5 Å². The van der Waals surface area contributed by atoms with Crippen molar-refractivity contribution < 1.29 is 9.53 Å². The van der Waals surface area contributed by atoms with Crippen LogP contribution in [-0.2, 0) is 12.8 Å². The number of rotatable bonds is 6. The van der Waals surface area contributed by atoms with Crippen LogP contribution in [0.15, 0.2) is 35.4 Å². The summed E-state index contributed by atoms with van der Waals surface area (Å²) in [5.41, 5.74) is 4.83. The number of aryl methyl sites for hydroxylation is 1. The molecular weight excluding hydrogens is 332 g/mol. The molecule has 1 aliphatic rings. The van der Waals surface area contributed by atoms with Gasteiger partial charge in [0.25, 0.3) is 5.91 Å². The molecule has 0 saturated heterocycles. The number of carbonyl (C=O) groups excluding carboxylic acids is 1. The molecule has 25 heavy (non-hydrogen) atoms. The molecule has 1 unspecified atom stereocenters. The summed E-state index contributed by atoms with van der Waals surface area (Å²) in [5, 5.41) is 4.10. The topological polar surface area (TPSA) is 50.7 Å². The number of para-hydroxylation sites is 1. The fourth-order valence-electron chi connectivity index (χ4n) is 3.15. The first-order chi connectivity index (χ1) is 12.2. The summed E-state index contributed by atoms with van der Waals surface area (Å²) in [4.78, 5) is 14.5.